The maximum atomic E-state index is 13.3. The molecule has 0 saturated carbocycles. The van der Waals surface area contributed by atoms with Crippen molar-refractivity contribution in [1.82, 2.24) is 30.3 Å². The van der Waals surface area contributed by atoms with Gasteiger partial charge in [0, 0.05) is 67.5 Å². The summed E-state index contributed by atoms with van der Waals surface area (Å²) in [7, 11) is 0. The molecule has 2 aromatic heterocycles. The molecule has 4 N–H and O–H groups in total. The zero-order valence-electron chi connectivity index (χ0n) is 23.0. The van der Waals surface area contributed by atoms with E-state index < -0.39 is 0 Å². The summed E-state index contributed by atoms with van der Waals surface area (Å²) >= 11 is 0. The zero-order valence-corrected chi connectivity index (χ0v) is 23.0. The van der Waals surface area contributed by atoms with Crippen molar-refractivity contribution >= 4 is 16.8 Å². The lowest BCUT2D eigenvalue weighted by atomic mass is 10.0. The molecule has 9 nitrogen and oxygen atoms in total. The van der Waals surface area contributed by atoms with Crippen molar-refractivity contribution in [2.75, 3.05) is 26.2 Å². The molecule has 1 amide bonds. The molecule has 0 radical (unpaired) electrons. The average molecular weight is 543 g/mol. The van der Waals surface area contributed by atoms with Crippen molar-refractivity contribution < 1.29 is 15.0 Å². The number of rotatable bonds is 8. The van der Waals surface area contributed by atoms with Crippen molar-refractivity contribution in [3.63, 3.8) is 0 Å². The highest BCUT2D eigenvalue weighted by atomic mass is 16.3. The molecule has 40 heavy (non-hydrogen) atoms. The Kier molecular flexibility index (Phi) is 8.74. The molecule has 210 valence electrons. The van der Waals surface area contributed by atoms with Crippen molar-refractivity contribution in [2.24, 2.45) is 0 Å². The lowest BCUT2D eigenvalue weighted by Crippen LogP contribution is -2.35. The zero-order chi connectivity index (χ0) is 28.1. The fourth-order valence-electron chi connectivity index (χ4n) is 5.28. The van der Waals surface area contributed by atoms with Crippen LogP contribution in [-0.4, -0.2) is 79.5 Å². The molecule has 1 aromatic carbocycles. The molecular formula is C31H38N6O3. The Hall–Kier alpha value is -3.79. The number of carbonyl (C=O) groups excluding carboxylic acids is 1. The van der Waals surface area contributed by atoms with E-state index in [-0.39, 0.29) is 18.1 Å². The van der Waals surface area contributed by atoms with Crippen LogP contribution in [0.15, 0.2) is 72.9 Å². The van der Waals surface area contributed by atoms with E-state index in [9.17, 15) is 15.0 Å². The lowest BCUT2D eigenvalue weighted by molar-refractivity contribution is 0.0792. The van der Waals surface area contributed by atoms with Crippen LogP contribution in [0.2, 0.25) is 0 Å². The van der Waals surface area contributed by atoms with Crippen LogP contribution in [0.25, 0.3) is 22.0 Å². The number of carbonyl (C=O) groups is 1. The number of allylic oxidation sites excluding steroid dienone is 3. The van der Waals surface area contributed by atoms with Crippen LogP contribution < -0.4 is 5.32 Å². The summed E-state index contributed by atoms with van der Waals surface area (Å²) in [5.41, 5.74) is 5.66. The number of hydrogen-bond donors (Lipinski definition) is 4. The van der Waals surface area contributed by atoms with Gasteiger partial charge >= 0.3 is 0 Å². The average Bonchev–Trinajstić information content (AvgIpc) is 3.40. The molecule has 0 atom stereocenters. The highest BCUT2D eigenvalue weighted by Crippen LogP contribution is 2.26. The first kappa shape index (κ1) is 27.8. The van der Waals surface area contributed by atoms with Crippen molar-refractivity contribution in [1.29, 1.82) is 0 Å². The molecule has 0 unspecified atom stereocenters. The number of fused-ring (bicyclic) bond motifs is 1. The minimum Gasteiger partial charge on any atom is -0.393 e. The van der Waals surface area contributed by atoms with Crippen LogP contribution in [0.4, 0.5) is 0 Å². The number of piperidine rings is 2. The summed E-state index contributed by atoms with van der Waals surface area (Å²) in [6.07, 6.45) is 11.9. The first-order valence-corrected chi connectivity index (χ1v) is 14.0. The molecule has 2 aliphatic heterocycles. The highest BCUT2D eigenvalue weighted by molar-refractivity contribution is 6.06. The van der Waals surface area contributed by atoms with E-state index in [4.69, 9.17) is 0 Å². The Morgan fingerprint density at radius 2 is 1.77 bits per heavy atom. The molecule has 0 spiro atoms. The van der Waals surface area contributed by atoms with Crippen molar-refractivity contribution in [3.8, 4) is 11.1 Å². The Bertz CT molecular complexity index is 1410. The number of aromatic amines is 1. The molecule has 0 bridgehead atoms. The van der Waals surface area contributed by atoms with E-state index in [2.05, 4.69) is 42.9 Å². The summed E-state index contributed by atoms with van der Waals surface area (Å²) in [6.45, 7) is 10.1. The second kappa shape index (κ2) is 12.6. The van der Waals surface area contributed by atoms with Crippen LogP contribution >= 0.6 is 0 Å². The lowest BCUT2D eigenvalue weighted by Gasteiger charge is -2.31. The number of aromatic nitrogens is 3. The number of amides is 1. The van der Waals surface area contributed by atoms with Gasteiger partial charge in [-0.25, -0.2) is 0 Å². The summed E-state index contributed by atoms with van der Waals surface area (Å²) < 4.78 is 0. The number of aliphatic hydroxyl groups is 2. The molecule has 3 aromatic rings. The van der Waals surface area contributed by atoms with Gasteiger partial charge in [0.15, 0.2) is 5.69 Å². The quantitative estimate of drug-likeness (QED) is 0.320. The molecule has 2 aliphatic rings. The van der Waals surface area contributed by atoms with Crippen LogP contribution in [-0.2, 0) is 6.54 Å². The Balaban J connectivity index is 1.28. The standard InChI is InChI=1S/C31H38N6O3/c1-3-25(6-4-21(2)37-14-10-27(39)11-15-37)33-31(40)30-28-17-23(5-7-29(28)34-35-30)24-16-22(18-32-19-24)20-36-12-8-26(38)9-13-36/h3-7,16-19,26-27,38-39H,2,8-15,20H2,1H3,(H,33,40)(H,34,35)/b6-4-,25-3+. The largest absolute Gasteiger partial charge is 0.393 e. The number of nitrogens with one attached hydrogen (secondary N) is 2. The molecule has 2 saturated heterocycles. The van der Waals surface area contributed by atoms with Gasteiger partial charge in [-0.1, -0.05) is 18.7 Å². The molecule has 5 rings (SSSR count). The van der Waals surface area contributed by atoms with E-state index in [0.29, 0.717) is 11.4 Å². The van der Waals surface area contributed by atoms with Gasteiger partial charge in [-0.15, -0.1) is 0 Å². The summed E-state index contributed by atoms with van der Waals surface area (Å²) in [4.78, 5) is 22.2. The van der Waals surface area contributed by atoms with E-state index >= 15 is 0 Å². The van der Waals surface area contributed by atoms with Gasteiger partial charge in [-0.2, -0.15) is 5.10 Å². The van der Waals surface area contributed by atoms with Gasteiger partial charge in [0.25, 0.3) is 5.91 Å². The smallest absolute Gasteiger partial charge is 0.276 e. The number of hydrogen-bond acceptors (Lipinski definition) is 7. The first-order chi connectivity index (χ1) is 19.4. The predicted octanol–water partition coefficient (Wildman–Crippen LogP) is 3.74. The van der Waals surface area contributed by atoms with Crippen LogP contribution in [0, 0.1) is 0 Å². The number of nitrogens with zero attached hydrogens (tertiary/aromatic N) is 4. The summed E-state index contributed by atoms with van der Waals surface area (Å²) in [5, 5.41) is 30.5. The highest BCUT2D eigenvalue weighted by Gasteiger charge is 2.19. The Morgan fingerprint density at radius 3 is 2.50 bits per heavy atom. The second-order valence-electron chi connectivity index (χ2n) is 10.7. The fourth-order valence-corrected chi connectivity index (χ4v) is 5.28. The van der Waals surface area contributed by atoms with Gasteiger partial charge in [0.05, 0.1) is 17.7 Å². The van der Waals surface area contributed by atoms with Crippen LogP contribution in [0.3, 0.4) is 0 Å². The third-order valence-corrected chi connectivity index (χ3v) is 7.76. The fraction of sp³-hybridized carbons (Fsp3) is 0.387. The van der Waals surface area contributed by atoms with Crippen LogP contribution in [0.5, 0.6) is 0 Å². The van der Waals surface area contributed by atoms with Crippen molar-refractivity contribution in [3.05, 3.63) is 84.1 Å². The van der Waals surface area contributed by atoms with Gasteiger partial charge in [0.2, 0.25) is 0 Å². The number of pyridine rings is 1. The maximum Gasteiger partial charge on any atom is 0.276 e. The van der Waals surface area contributed by atoms with E-state index in [1.165, 1.54) is 0 Å². The normalized spacial score (nSPS) is 18.1. The molecule has 2 fully saturated rings. The van der Waals surface area contributed by atoms with E-state index in [1.807, 2.05) is 55.7 Å². The number of benzene rings is 1. The predicted molar refractivity (Wildman–Crippen MR) is 156 cm³/mol. The molecule has 4 heterocycles. The summed E-state index contributed by atoms with van der Waals surface area (Å²) in [6, 6.07) is 8.05. The van der Waals surface area contributed by atoms with Gasteiger partial charge < -0.3 is 20.4 Å². The van der Waals surface area contributed by atoms with Gasteiger partial charge in [-0.05, 0) is 74.1 Å². The molecule has 9 heteroatoms. The van der Waals surface area contributed by atoms with E-state index in [1.54, 1.807) is 0 Å². The molecule has 0 aliphatic carbocycles. The third-order valence-electron chi connectivity index (χ3n) is 7.76. The second-order valence-corrected chi connectivity index (χ2v) is 10.7. The van der Waals surface area contributed by atoms with E-state index in [0.717, 1.165) is 91.7 Å². The van der Waals surface area contributed by atoms with Gasteiger partial charge in [-0.3, -0.25) is 19.8 Å². The first-order valence-electron chi connectivity index (χ1n) is 14.0. The number of aliphatic hydroxyl groups excluding tert-OH is 2. The number of H-pyrrole nitrogens is 1. The Morgan fingerprint density at radius 1 is 1.05 bits per heavy atom. The SMILES string of the molecule is C=C(/C=C\C(=C/C)NC(=O)c1n[nH]c2ccc(-c3cncc(CN4CCC(O)CC4)c3)cc12)N1CCC(O)CC1. The van der Waals surface area contributed by atoms with Crippen molar-refractivity contribution in [2.45, 2.75) is 51.4 Å². The number of likely N-dealkylation sites (tertiary alicyclic amines) is 2. The monoisotopic (exact) mass is 542 g/mol. The molecular weight excluding hydrogens is 504 g/mol. The summed E-state index contributed by atoms with van der Waals surface area (Å²) in [5.74, 6) is -0.299. The maximum absolute atomic E-state index is 13.3. The van der Waals surface area contributed by atoms with Gasteiger partial charge in [0.1, 0.15) is 0 Å². The van der Waals surface area contributed by atoms with Crippen LogP contribution in [0.1, 0.15) is 48.7 Å². The Labute approximate surface area is 234 Å². The third kappa shape index (κ3) is 6.67. The topological polar surface area (TPSA) is 118 Å². The minimum absolute atomic E-state index is 0.191. The minimum atomic E-state index is -0.299.